The van der Waals surface area contributed by atoms with E-state index in [1.54, 1.807) is 0 Å². The summed E-state index contributed by atoms with van der Waals surface area (Å²) in [5.41, 5.74) is 2.23. The van der Waals surface area contributed by atoms with Crippen molar-refractivity contribution in [2.75, 3.05) is 0 Å². The summed E-state index contributed by atoms with van der Waals surface area (Å²) in [5.74, 6) is 1.59. The quantitative estimate of drug-likeness (QED) is 0.671. The lowest BCUT2D eigenvalue weighted by molar-refractivity contribution is 0.289. The minimum atomic E-state index is 0.378. The molecular formula is C14H17N3OS. The number of aryl methyl sites for hydroxylation is 1. The van der Waals surface area contributed by atoms with Gasteiger partial charge < -0.3 is 4.74 Å². The average molecular weight is 275 g/mol. The number of nitrogens with one attached hydrogen (secondary N) is 1. The van der Waals surface area contributed by atoms with Gasteiger partial charge in [-0.3, -0.25) is 9.67 Å². The van der Waals surface area contributed by atoms with E-state index in [0.29, 0.717) is 17.9 Å². The van der Waals surface area contributed by atoms with Gasteiger partial charge in [-0.25, -0.2) is 0 Å². The number of hydrogen-bond acceptors (Lipinski definition) is 3. The Bertz CT molecular complexity index is 625. The van der Waals surface area contributed by atoms with E-state index in [4.69, 9.17) is 17.0 Å². The van der Waals surface area contributed by atoms with E-state index in [0.717, 1.165) is 17.1 Å². The minimum Gasteiger partial charge on any atom is -0.486 e. The van der Waals surface area contributed by atoms with Gasteiger partial charge in [-0.05, 0) is 38.2 Å². The molecule has 0 aliphatic rings. The van der Waals surface area contributed by atoms with E-state index in [2.05, 4.69) is 16.8 Å². The number of rotatable bonds is 5. The number of H-pyrrole nitrogens is 1. The van der Waals surface area contributed by atoms with Crippen molar-refractivity contribution in [1.29, 1.82) is 0 Å². The van der Waals surface area contributed by atoms with Crippen LogP contribution in [0.15, 0.2) is 36.4 Å². The van der Waals surface area contributed by atoms with Crippen molar-refractivity contribution in [3.05, 3.63) is 52.6 Å². The van der Waals surface area contributed by atoms with Gasteiger partial charge in [0.1, 0.15) is 12.4 Å². The van der Waals surface area contributed by atoms with E-state index in [1.807, 2.05) is 42.7 Å². The fraction of sp³-hybridized carbons (Fsp3) is 0.286. The van der Waals surface area contributed by atoms with Gasteiger partial charge >= 0.3 is 0 Å². The molecule has 0 aliphatic heterocycles. The Balaban J connectivity index is 2.09. The average Bonchev–Trinajstić information content (AvgIpc) is 2.70. The van der Waals surface area contributed by atoms with E-state index in [1.165, 1.54) is 5.56 Å². The molecule has 0 spiro atoms. The number of aromatic nitrogens is 3. The lowest BCUT2D eigenvalue weighted by atomic mass is 10.2. The monoisotopic (exact) mass is 275 g/mol. The van der Waals surface area contributed by atoms with Crippen LogP contribution in [0.25, 0.3) is 0 Å². The van der Waals surface area contributed by atoms with Gasteiger partial charge in [0.25, 0.3) is 0 Å². The Morgan fingerprint density at radius 1 is 1.42 bits per heavy atom. The molecule has 0 bridgehead atoms. The normalized spacial score (nSPS) is 10.4. The third kappa shape index (κ3) is 3.54. The third-order valence-corrected chi connectivity index (χ3v) is 2.97. The van der Waals surface area contributed by atoms with Gasteiger partial charge in [-0.15, -0.1) is 0 Å². The highest BCUT2D eigenvalue weighted by atomic mass is 32.1. The lowest BCUT2D eigenvalue weighted by Gasteiger charge is -2.08. The first kappa shape index (κ1) is 13.5. The zero-order chi connectivity index (χ0) is 13.8. The van der Waals surface area contributed by atoms with Crippen LogP contribution in [-0.4, -0.2) is 14.8 Å². The fourth-order valence-electron chi connectivity index (χ4n) is 1.68. The minimum absolute atomic E-state index is 0.378. The van der Waals surface area contributed by atoms with E-state index in [9.17, 15) is 0 Å². The van der Waals surface area contributed by atoms with E-state index >= 15 is 0 Å². The molecule has 100 valence electrons. The second-order valence-electron chi connectivity index (χ2n) is 4.59. The summed E-state index contributed by atoms with van der Waals surface area (Å²) in [7, 11) is 0. The number of aromatic amines is 1. The van der Waals surface area contributed by atoms with Gasteiger partial charge in [0.15, 0.2) is 10.6 Å². The predicted octanol–water partition coefficient (Wildman–Crippen LogP) is 3.40. The van der Waals surface area contributed by atoms with Crippen LogP contribution in [0.5, 0.6) is 5.75 Å². The molecule has 0 unspecified atom stereocenters. The van der Waals surface area contributed by atoms with Gasteiger partial charge in [-0.2, -0.15) is 5.10 Å². The van der Waals surface area contributed by atoms with E-state index in [-0.39, 0.29) is 0 Å². The first-order valence-corrected chi connectivity index (χ1v) is 6.45. The maximum absolute atomic E-state index is 5.70. The second kappa shape index (κ2) is 5.84. The first-order valence-electron chi connectivity index (χ1n) is 6.04. The maximum atomic E-state index is 5.70. The molecular weight excluding hydrogens is 258 g/mol. The molecule has 1 heterocycles. The number of hydrogen-bond donors (Lipinski definition) is 1. The van der Waals surface area contributed by atoms with Crippen LogP contribution in [0.2, 0.25) is 0 Å². The molecule has 2 rings (SSSR count). The summed E-state index contributed by atoms with van der Waals surface area (Å²) in [6.07, 6.45) is 0. The molecule has 1 aromatic heterocycles. The lowest BCUT2D eigenvalue weighted by Crippen LogP contribution is -2.08. The smallest absolute Gasteiger partial charge is 0.195 e. The largest absolute Gasteiger partial charge is 0.486 e. The number of nitrogens with zero attached hydrogens (tertiary/aromatic N) is 2. The highest BCUT2D eigenvalue weighted by Crippen LogP contribution is 2.13. The summed E-state index contributed by atoms with van der Waals surface area (Å²) in [6, 6.07) is 7.92. The second-order valence-corrected chi connectivity index (χ2v) is 4.98. The van der Waals surface area contributed by atoms with Gasteiger partial charge in [0.2, 0.25) is 0 Å². The third-order valence-electron chi connectivity index (χ3n) is 2.65. The van der Waals surface area contributed by atoms with Crippen LogP contribution in [0.3, 0.4) is 0 Å². The molecule has 5 heteroatoms. The van der Waals surface area contributed by atoms with Gasteiger partial charge in [0, 0.05) is 6.54 Å². The molecule has 4 nitrogen and oxygen atoms in total. The maximum Gasteiger partial charge on any atom is 0.195 e. The Kier molecular flexibility index (Phi) is 4.16. The molecule has 1 aromatic carbocycles. The Hall–Kier alpha value is -1.88. The van der Waals surface area contributed by atoms with Crippen LogP contribution in [0.1, 0.15) is 18.3 Å². The van der Waals surface area contributed by atoms with Crippen molar-refractivity contribution in [3.63, 3.8) is 0 Å². The molecule has 0 amide bonds. The van der Waals surface area contributed by atoms with Crippen molar-refractivity contribution < 1.29 is 4.74 Å². The zero-order valence-electron chi connectivity index (χ0n) is 11.1. The van der Waals surface area contributed by atoms with Gasteiger partial charge in [0.05, 0.1) is 0 Å². The molecule has 1 N–H and O–H groups in total. The summed E-state index contributed by atoms with van der Waals surface area (Å²) in [6.45, 7) is 8.92. The molecule has 0 atom stereocenters. The van der Waals surface area contributed by atoms with E-state index < -0.39 is 0 Å². The van der Waals surface area contributed by atoms with Crippen molar-refractivity contribution in [3.8, 4) is 5.75 Å². The molecule has 0 fully saturated rings. The van der Waals surface area contributed by atoms with Crippen LogP contribution >= 0.6 is 12.2 Å². The highest BCUT2D eigenvalue weighted by molar-refractivity contribution is 7.71. The van der Waals surface area contributed by atoms with Crippen LogP contribution < -0.4 is 4.74 Å². The molecule has 0 saturated heterocycles. The van der Waals surface area contributed by atoms with Crippen molar-refractivity contribution >= 4 is 12.2 Å². The summed E-state index contributed by atoms with van der Waals surface area (Å²) in [4.78, 5) is 0. The van der Waals surface area contributed by atoms with Gasteiger partial charge in [-0.1, -0.05) is 29.8 Å². The molecule has 0 radical (unpaired) electrons. The molecule has 2 aromatic rings. The Labute approximate surface area is 117 Å². The van der Waals surface area contributed by atoms with Crippen molar-refractivity contribution in [2.45, 2.75) is 27.0 Å². The predicted molar refractivity (Wildman–Crippen MR) is 77.7 cm³/mol. The van der Waals surface area contributed by atoms with Crippen LogP contribution in [-0.2, 0) is 13.2 Å². The number of allylic oxidation sites excluding steroid dienone is 1. The topological polar surface area (TPSA) is 42.8 Å². The standard InChI is InChI=1S/C14H17N3OS/c1-10(2)8-17-13(15-16-14(17)19)9-18-12-6-4-11(3)5-7-12/h4-7H,1,8-9H2,2-3H3,(H,16,19). The summed E-state index contributed by atoms with van der Waals surface area (Å²) < 4.78 is 8.19. The van der Waals surface area contributed by atoms with Crippen molar-refractivity contribution in [2.24, 2.45) is 0 Å². The Morgan fingerprint density at radius 3 is 2.74 bits per heavy atom. The van der Waals surface area contributed by atoms with Crippen LogP contribution in [0, 0.1) is 11.7 Å². The van der Waals surface area contributed by atoms with Crippen molar-refractivity contribution in [1.82, 2.24) is 14.8 Å². The molecule has 0 aliphatic carbocycles. The first-order chi connectivity index (χ1) is 9.06. The number of benzene rings is 1. The highest BCUT2D eigenvalue weighted by Gasteiger charge is 2.07. The zero-order valence-corrected chi connectivity index (χ0v) is 12.0. The molecule has 19 heavy (non-hydrogen) atoms. The van der Waals surface area contributed by atoms with Crippen LogP contribution in [0.4, 0.5) is 0 Å². The summed E-state index contributed by atoms with van der Waals surface area (Å²) in [5, 5.41) is 6.96. The molecule has 0 saturated carbocycles. The SMILES string of the molecule is C=C(C)Cn1c(COc2ccc(C)cc2)n[nH]c1=S. The fourth-order valence-corrected chi connectivity index (χ4v) is 1.89. The summed E-state index contributed by atoms with van der Waals surface area (Å²) >= 11 is 5.19. The number of ether oxygens (including phenoxy) is 1. The Morgan fingerprint density at radius 2 is 2.11 bits per heavy atom.